The Labute approximate surface area is 273 Å². The lowest BCUT2D eigenvalue weighted by Crippen LogP contribution is -2.53. The fraction of sp³-hybridized carbons (Fsp3) is 0.297. The number of anilines is 1. The number of nitrogens with one attached hydrogen (secondary N) is 3. The molecular formula is C37H40FN5O2S. The fourth-order valence-corrected chi connectivity index (χ4v) is 7.14. The number of aromatic amines is 1. The number of fused-ring (bicyclic) bond motifs is 1. The summed E-state index contributed by atoms with van der Waals surface area (Å²) in [4.78, 5) is 35.3. The van der Waals surface area contributed by atoms with Crippen molar-refractivity contribution in [1.82, 2.24) is 20.1 Å². The molecule has 0 radical (unpaired) electrons. The molecule has 1 aliphatic rings. The highest BCUT2D eigenvalue weighted by Crippen LogP contribution is 2.34. The molecule has 0 unspecified atom stereocenters. The van der Waals surface area contributed by atoms with E-state index in [4.69, 9.17) is 0 Å². The maximum Gasteiger partial charge on any atom is 0.318 e. The molecule has 2 aromatic heterocycles. The monoisotopic (exact) mass is 637 g/mol. The fourth-order valence-electron chi connectivity index (χ4n) is 6.48. The molecule has 9 heteroatoms. The van der Waals surface area contributed by atoms with E-state index >= 15 is 0 Å². The number of aromatic nitrogens is 1. The van der Waals surface area contributed by atoms with Crippen LogP contribution in [-0.2, 0) is 11.3 Å². The molecule has 3 amide bonds. The van der Waals surface area contributed by atoms with Gasteiger partial charge in [0.15, 0.2) is 0 Å². The van der Waals surface area contributed by atoms with Gasteiger partial charge in [0.1, 0.15) is 11.9 Å². The molecular weight excluding hydrogens is 598 g/mol. The van der Waals surface area contributed by atoms with Gasteiger partial charge < -0.3 is 25.4 Å². The van der Waals surface area contributed by atoms with Crippen molar-refractivity contribution in [2.24, 2.45) is 0 Å². The number of rotatable bonds is 9. The molecule has 7 nitrogen and oxygen atoms in total. The van der Waals surface area contributed by atoms with Crippen molar-refractivity contribution in [2.75, 3.05) is 32.5 Å². The van der Waals surface area contributed by atoms with E-state index in [2.05, 4.69) is 38.0 Å². The van der Waals surface area contributed by atoms with E-state index in [9.17, 15) is 14.0 Å². The third kappa shape index (κ3) is 7.00. The summed E-state index contributed by atoms with van der Waals surface area (Å²) < 4.78 is 13.5. The summed E-state index contributed by atoms with van der Waals surface area (Å²) in [7, 11) is 4.03. The summed E-state index contributed by atoms with van der Waals surface area (Å²) >= 11 is 1.61. The van der Waals surface area contributed by atoms with Crippen LogP contribution in [0.15, 0.2) is 89.8 Å². The van der Waals surface area contributed by atoms with E-state index < -0.39 is 6.04 Å². The quantitative estimate of drug-likeness (QED) is 0.154. The Morgan fingerprint density at radius 2 is 1.80 bits per heavy atom. The van der Waals surface area contributed by atoms with Crippen molar-refractivity contribution in [3.05, 3.63) is 112 Å². The van der Waals surface area contributed by atoms with Gasteiger partial charge in [0.05, 0.1) is 0 Å². The molecule has 0 bridgehead atoms. The zero-order chi connectivity index (χ0) is 32.2. The maximum absolute atomic E-state index is 14.3. The van der Waals surface area contributed by atoms with Gasteiger partial charge in [0, 0.05) is 53.9 Å². The Kier molecular flexibility index (Phi) is 9.51. The molecule has 0 spiro atoms. The Balaban J connectivity index is 1.26. The van der Waals surface area contributed by atoms with Gasteiger partial charge in [-0.2, -0.15) is 11.3 Å². The average Bonchev–Trinajstić information content (AvgIpc) is 3.74. The molecule has 3 aromatic carbocycles. The molecule has 6 rings (SSSR count). The van der Waals surface area contributed by atoms with Crippen LogP contribution in [0.4, 0.5) is 14.9 Å². The molecule has 1 fully saturated rings. The lowest BCUT2D eigenvalue weighted by Gasteiger charge is -2.34. The first-order valence-corrected chi connectivity index (χ1v) is 16.7. The second-order valence-electron chi connectivity index (χ2n) is 12.4. The molecule has 3 heterocycles. The van der Waals surface area contributed by atoms with Gasteiger partial charge in [-0.15, -0.1) is 0 Å². The number of carbonyl (C=O) groups is 2. The van der Waals surface area contributed by atoms with Crippen molar-refractivity contribution in [3.63, 3.8) is 0 Å². The van der Waals surface area contributed by atoms with Crippen LogP contribution < -0.4 is 10.6 Å². The number of nitrogens with zero attached hydrogens (tertiary/aromatic N) is 2. The van der Waals surface area contributed by atoms with Crippen LogP contribution in [0.3, 0.4) is 0 Å². The van der Waals surface area contributed by atoms with Gasteiger partial charge in [-0.3, -0.25) is 4.79 Å². The van der Waals surface area contributed by atoms with Gasteiger partial charge in [-0.1, -0.05) is 49.4 Å². The van der Waals surface area contributed by atoms with Crippen molar-refractivity contribution < 1.29 is 14.0 Å². The highest BCUT2D eigenvalue weighted by Gasteiger charge is 2.33. The zero-order valence-corrected chi connectivity index (χ0v) is 27.2. The first-order chi connectivity index (χ1) is 22.3. The maximum atomic E-state index is 14.3. The topological polar surface area (TPSA) is 80.5 Å². The van der Waals surface area contributed by atoms with Gasteiger partial charge >= 0.3 is 6.03 Å². The minimum atomic E-state index is -0.839. The number of carbonyl (C=O) groups excluding carboxylic acids is 2. The second kappa shape index (κ2) is 13.9. The zero-order valence-electron chi connectivity index (χ0n) is 26.4. The number of hydrogen-bond acceptors (Lipinski definition) is 4. The van der Waals surface area contributed by atoms with E-state index in [1.165, 1.54) is 12.1 Å². The minimum absolute atomic E-state index is 0.249. The van der Waals surface area contributed by atoms with Crippen molar-refractivity contribution in [2.45, 2.75) is 44.2 Å². The van der Waals surface area contributed by atoms with Gasteiger partial charge in [0.25, 0.3) is 0 Å². The van der Waals surface area contributed by atoms with Gasteiger partial charge in [0.2, 0.25) is 5.91 Å². The third-order valence-corrected chi connectivity index (χ3v) is 9.65. The summed E-state index contributed by atoms with van der Waals surface area (Å²) in [5, 5.41) is 11.5. The molecule has 46 heavy (non-hydrogen) atoms. The van der Waals surface area contributed by atoms with Crippen LogP contribution in [-0.4, -0.2) is 59.9 Å². The van der Waals surface area contributed by atoms with Crippen LogP contribution in [0.2, 0.25) is 0 Å². The largest absolute Gasteiger partial charge is 0.361 e. The van der Waals surface area contributed by atoms with E-state index in [1.54, 1.807) is 16.2 Å². The Morgan fingerprint density at radius 3 is 2.52 bits per heavy atom. The molecule has 0 aliphatic carbocycles. The molecule has 3 N–H and O–H groups in total. The predicted molar refractivity (Wildman–Crippen MR) is 185 cm³/mol. The predicted octanol–water partition coefficient (Wildman–Crippen LogP) is 7.80. The van der Waals surface area contributed by atoms with Crippen LogP contribution in [0.1, 0.15) is 48.3 Å². The molecule has 5 aromatic rings. The van der Waals surface area contributed by atoms with Crippen molar-refractivity contribution in [3.8, 4) is 11.1 Å². The summed E-state index contributed by atoms with van der Waals surface area (Å²) in [6, 6.07) is 21.8. The van der Waals surface area contributed by atoms with Crippen LogP contribution >= 0.6 is 11.3 Å². The third-order valence-electron chi connectivity index (χ3n) is 8.97. The van der Waals surface area contributed by atoms with E-state index in [0.717, 1.165) is 58.1 Å². The normalized spacial score (nSPS) is 15.2. The first kappa shape index (κ1) is 31.5. The van der Waals surface area contributed by atoms with Crippen LogP contribution in [0, 0.1) is 5.82 Å². The average molecular weight is 638 g/mol. The summed E-state index contributed by atoms with van der Waals surface area (Å²) in [5.74, 6) is -0.586. The van der Waals surface area contributed by atoms with E-state index in [1.807, 2.05) is 81.1 Å². The number of urea groups is 1. The van der Waals surface area contributed by atoms with E-state index in [0.29, 0.717) is 18.8 Å². The molecule has 1 aliphatic heterocycles. The van der Waals surface area contributed by atoms with Crippen LogP contribution in [0.25, 0.3) is 22.0 Å². The molecule has 238 valence electrons. The SMILES string of the molecule is C[C@@H](c1c[nH]c2ccccc12)[C@@H](NC(=O)N1CCC(c2ccc(F)cc2)CC1)C(=O)Nc1cc(CN(C)C)ccc1-c1ccsc1. The number of likely N-dealkylation sites (tertiary alicyclic amines) is 1. The smallest absolute Gasteiger partial charge is 0.318 e. The molecule has 2 atom stereocenters. The molecule has 1 saturated heterocycles. The van der Waals surface area contributed by atoms with E-state index in [-0.39, 0.29) is 29.6 Å². The number of H-pyrrole nitrogens is 1. The highest BCUT2D eigenvalue weighted by molar-refractivity contribution is 7.08. The lowest BCUT2D eigenvalue weighted by atomic mass is 9.89. The standard InChI is InChI=1S/C37H40FN5O2S/c1-24(32-21-39-33-7-5-4-6-31(32)33)35(41-37(45)43-17-14-27(15-18-43)26-9-11-29(38)12-10-26)36(44)40-34-20-25(22-42(2)3)8-13-30(34)28-16-19-46-23-28/h4-13,16,19-21,23-24,27,35,39H,14-15,17-18,22H2,1-3H3,(H,40,44)(H,41,45)/t24-,35+/m0/s1. The highest BCUT2D eigenvalue weighted by atomic mass is 32.1. The number of thiophene rings is 1. The first-order valence-electron chi connectivity index (χ1n) is 15.7. The summed E-state index contributed by atoms with van der Waals surface area (Å²) in [6.45, 7) is 3.83. The van der Waals surface area contributed by atoms with Crippen molar-refractivity contribution >= 4 is 39.9 Å². The number of piperidine rings is 1. The Bertz CT molecular complexity index is 1790. The Morgan fingerprint density at radius 1 is 1.04 bits per heavy atom. The number of para-hydroxylation sites is 1. The van der Waals surface area contributed by atoms with Crippen LogP contribution in [0.5, 0.6) is 0 Å². The number of halogens is 1. The Hall–Kier alpha value is -4.47. The lowest BCUT2D eigenvalue weighted by molar-refractivity contribution is -0.118. The minimum Gasteiger partial charge on any atom is -0.361 e. The number of amides is 3. The van der Waals surface area contributed by atoms with Crippen molar-refractivity contribution in [1.29, 1.82) is 0 Å². The van der Waals surface area contributed by atoms with Gasteiger partial charge in [-0.05, 0) is 96.2 Å². The number of benzene rings is 3. The second-order valence-corrected chi connectivity index (χ2v) is 13.2. The van der Waals surface area contributed by atoms with Gasteiger partial charge in [-0.25, -0.2) is 9.18 Å². The number of hydrogen-bond donors (Lipinski definition) is 3. The molecule has 0 saturated carbocycles. The summed E-state index contributed by atoms with van der Waals surface area (Å²) in [6.07, 6.45) is 3.48. The summed E-state index contributed by atoms with van der Waals surface area (Å²) in [5.41, 5.74) is 6.79.